The van der Waals surface area contributed by atoms with Crippen LogP contribution >= 0.6 is 0 Å². The zero-order chi connectivity index (χ0) is 17.3. The molecule has 0 saturated carbocycles. The highest BCUT2D eigenvalue weighted by atomic mass is 16.6. The Morgan fingerprint density at radius 1 is 0.960 bits per heavy atom. The first kappa shape index (κ1) is 17.6. The van der Waals surface area contributed by atoms with Gasteiger partial charge in [-0.3, -0.25) is 9.63 Å². The Kier molecular flexibility index (Phi) is 6.56. The molecule has 0 radical (unpaired) electrons. The van der Waals surface area contributed by atoms with Crippen molar-refractivity contribution in [2.24, 2.45) is 0 Å². The molecule has 132 valence electrons. The predicted molar refractivity (Wildman–Crippen MR) is 95.4 cm³/mol. The van der Waals surface area contributed by atoms with Crippen LogP contribution in [0, 0.1) is 0 Å². The molecule has 5 nitrogen and oxygen atoms in total. The van der Waals surface area contributed by atoms with E-state index in [-0.39, 0.29) is 18.1 Å². The summed E-state index contributed by atoms with van der Waals surface area (Å²) in [5.41, 5.74) is 5.20. The molecule has 0 aromatic heterocycles. The van der Waals surface area contributed by atoms with Crippen LogP contribution in [0.25, 0.3) is 0 Å². The first-order valence-corrected chi connectivity index (χ1v) is 8.66. The molecule has 2 atom stereocenters. The lowest BCUT2D eigenvalue weighted by Gasteiger charge is -2.28. The molecular weight excluding hydrogens is 316 g/mol. The summed E-state index contributed by atoms with van der Waals surface area (Å²) < 4.78 is 5.39. The zero-order valence-electron chi connectivity index (χ0n) is 14.2. The Labute approximate surface area is 148 Å². The van der Waals surface area contributed by atoms with Gasteiger partial charge in [-0.05, 0) is 24.0 Å². The second-order valence-corrected chi connectivity index (χ2v) is 6.22. The number of hydrogen-bond donors (Lipinski definition) is 2. The Hall–Kier alpha value is -2.21. The van der Waals surface area contributed by atoms with Crippen molar-refractivity contribution in [2.75, 3.05) is 6.54 Å². The fourth-order valence-electron chi connectivity index (χ4n) is 2.80. The molecule has 1 fully saturated rings. The van der Waals surface area contributed by atoms with E-state index >= 15 is 0 Å². The van der Waals surface area contributed by atoms with Crippen molar-refractivity contribution < 1.29 is 14.4 Å². The standard InChI is InChI=1S/C20H24N2O3/c23-20(24-14-16-7-3-1-4-8-16)19-12-11-18(13-21-19)22-25-15-17-9-5-2-6-10-17/h1-10,18-19,21-22H,11-15H2/t18-,19+/m0/s1. The van der Waals surface area contributed by atoms with Crippen molar-refractivity contribution in [1.29, 1.82) is 0 Å². The quantitative estimate of drug-likeness (QED) is 0.599. The topological polar surface area (TPSA) is 59.6 Å². The molecule has 1 heterocycles. The van der Waals surface area contributed by atoms with Gasteiger partial charge >= 0.3 is 5.97 Å². The van der Waals surface area contributed by atoms with Gasteiger partial charge in [0.05, 0.1) is 6.61 Å². The maximum Gasteiger partial charge on any atom is 0.323 e. The molecule has 0 unspecified atom stereocenters. The molecule has 5 heteroatoms. The van der Waals surface area contributed by atoms with Crippen LogP contribution in [-0.4, -0.2) is 24.6 Å². The Morgan fingerprint density at radius 2 is 1.60 bits per heavy atom. The number of ether oxygens (including phenoxy) is 1. The van der Waals surface area contributed by atoms with Crippen LogP contribution in [0.2, 0.25) is 0 Å². The molecule has 0 aliphatic carbocycles. The van der Waals surface area contributed by atoms with Crippen LogP contribution in [0.4, 0.5) is 0 Å². The number of rotatable bonds is 7. The summed E-state index contributed by atoms with van der Waals surface area (Å²) in [6.07, 6.45) is 1.60. The maximum atomic E-state index is 12.1. The van der Waals surface area contributed by atoms with E-state index in [9.17, 15) is 4.79 Å². The number of benzene rings is 2. The minimum Gasteiger partial charge on any atom is -0.460 e. The number of esters is 1. The van der Waals surface area contributed by atoms with E-state index in [0.717, 1.165) is 24.0 Å². The smallest absolute Gasteiger partial charge is 0.323 e. The summed E-state index contributed by atoms with van der Waals surface area (Å²) >= 11 is 0. The Balaban J connectivity index is 1.33. The summed E-state index contributed by atoms with van der Waals surface area (Å²) in [4.78, 5) is 17.7. The minimum atomic E-state index is -0.240. The fourth-order valence-corrected chi connectivity index (χ4v) is 2.80. The molecule has 1 aliphatic rings. The van der Waals surface area contributed by atoms with E-state index in [1.165, 1.54) is 0 Å². The van der Waals surface area contributed by atoms with Gasteiger partial charge < -0.3 is 10.1 Å². The molecule has 3 rings (SSSR count). The molecule has 0 amide bonds. The van der Waals surface area contributed by atoms with Gasteiger partial charge in [-0.2, -0.15) is 5.48 Å². The highest BCUT2D eigenvalue weighted by Crippen LogP contribution is 2.11. The molecule has 2 N–H and O–H groups in total. The largest absolute Gasteiger partial charge is 0.460 e. The fraction of sp³-hybridized carbons (Fsp3) is 0.350. The number of piperidine rings is 1. The normalized spacial score (nSPS) is 20.2. The summed E-state index contributed by atoms with van der Waals surface area (Å²) in [6, 6.07) is 19.7. The van der Waals surface area contributed by atoms with Crippen molar-refractivity contribution in [1.82, 2.24) is 10.8 Å². The van der Waals surface area contributed by atoms with E-state index in [1.807, 2.05) is 60.7 Å². The van der Waals surface area contributed by atoms with E-state index in [2.05, 4.69) is 10.8 Å². The lowest BCUT2D eigenvalue weighted by molar-refractivity contribution is -0.148. The van der Waals surface area contributed by atoms with Crippen molar-refractivity contribution in [3.8, 4) is 0 Å². The highest BCUT2D eigenvalue weighted by Gasteiger charge is 2.26. The van der Waals surface area contributed by atoms with E-state index in [4.69, 9.17) is 9.57 Å². The molecular formula is C20H24N2O3. The van der Waals surface area contributed by atoms with Crippen LogP contribution < -0.4 is 10.8 Å². The molecule has 2 aromatic rings. The molecule has 0 bridgehead atoms. The summed E-state index contributed by atoms with van der Waals surface area (Å²) in [6.45, 7) is 1.53. The van der Waals surface area contributed by atoms with Crippen molar-refractivity contribution in [2.45, 2.75) is 38.1 Å². The van der Waals surface area contributed by atoms with Gasteiger partial charge in [0.25, 0.3) is 0 Å². The van der Waals surface area contributed by atoms with Gasteiger partial charge in [-0.15, -0.1) is 0 Å². The second kappa shape index (κ2) is 9.32. The van der Waals surface area contributed by atoms with E-state index in [0.29, 0.717) is 19.8 Å². The average Bonchev–Trinajstić information content (AvgIpc) is 2.68. The Morgan fingerprint density at radius 3 is 2.20 bits per heavy atom. The van der Waals surface area contributed by atoms with Gasteiger partial charge in [0, 0.05) is 12.6 Å². The molecule has 1 aliphatic heterocycles. The molecule has 25 heavy (non-hydrogen) atoms. The number of carbonyl (C=O) groups is 1. The third-order valence-corrected chi connectivity index (χ3v) is 4.25. The van der Waals surface area contributed by atoms with Gasteiger partial charge in [-0.25, -0.2) is 0 Å². The molecule has 2 aromatic carbocycles. The van der Waals surface area contributed by atoms with Gasteiger partial charge in [0.1, 0.15) is 12.6 Å². The summed E-state index contributed by atoms with van der Waals surface area (Å²) in [7, 11) is 0. The maximum absolute atomic E-state index is 12.1. The molecule has 1 saturated heterocycles. The SMILES string of the molecule is O=C(OCc1ccccc1)[C@H]1CC[C@H](NOCc2ccccc2)CN1. The van der Waals surface area contributed by atoms with Gasteiger partial charge in [-0.1, -0.05) is 60.7 Å². The second-order valence-electron chi connectivity index (χ2n) is 6.22. The van der Waals surface area contributed by atoms with E-state index < -0.39 is 0 Å². The lowest BCUT2D eigenvalue weighted by atomic mass is 10.0. The summed E-state index contributed by atoms with van der Waals surface area (Å²) in [5.74, 6) is -0.187. The third kappa shape index (κ3) is 5.67. The van der Waals surface area contributed by atoms with Crippen LogP contribution in [0.3, 0.4) is 0 Å². The summed E-state index contributed by atoms with van der Waals surface area (Å²) in [5, 5.41) is 3.24. The van der Waals surface area contributed by atoms with Crippen molar-refractivity contribution >= 4 is 5.97 Å². The van der Waals surface area contributed by atoms with Crippen LogP contribution in [-0.2, 0) is 27.6 Å². The van der Waals surface area contributed by atoms with Gasteiger partial charge in [0.2, 0.25) is 0 Å². The average molecular weight is 340 g/mol. The highest BCUT2D eigenvalue weighted by molar-refractivity contribution is 5.75. The number of nitrogens with one attached hydrogen (secondary N) is 2. The lowest BCUT2D eigenvalue weighted by Crippen LogP contribution is -2.51. The monoisotopic (exact) mass is 340 g/mol. The number of hydrogen-bond acceptors (Lipinski definition) is 5. The Bertz CT molecular complexity index is 641. The number of carbonyl (C=O) groups excluding carboxylic acids is 1. The van der Waals surface area contributed by atoms with Gasteiger partial charge in [0.15, 0.2) is 0 Å². The van der Waals surface area contributed by atoms with Crippen LogP contribution in [0.5, 0.6) is 0 Å². The van der Waals surface area contributed by atoms with Crippen LogP contribution in [0.15, 0.2) is 60.7 Å². The minimum absolute atomic E-state index is 0.187. The third-order valence-electron chi connectivity index (χ3n) is 4.25. The van der Waals surface area contributed by atoms with E-state index in [1.54, 1.807) is 0 Å². The first-order chi connectivity index (χ1) is 12.3. The number of hydroxylamine groups is 1. The van der Waals surface area contributed by atoms with Crippen molar-refractivity contribution in [3.05, 3.63) is 71.8 Å². The molecule has 0 spiro atoms. The predicted octanol–water partition coefficient (Wildman–Crippen LogP) is 2.57. The van der Waals surface area contributed by atoms with Crippen LogP contribution in [0.1, 0.15) is 24.0 Å². The zero-order valence-corrected chi connectivity index (χ0v) is 14.2. The van der Waals surface area contributed by atoms with Crippen molar-refractivity contribution in [3.63, 3.8) is 0 Å². The first-order valence-electron chi connectivity index (χ1n) is 8.66.